The van der Waals surface area contributed by atoms with E-state index < -0.39 is 12.4 Å². The molecule has 5 rings (SSSR count). The van der Waals surface area contributed by atoms with Crippen molar-refractivity contribution in [3.8, 4) is 28.7 Å². The predicted octanol–water partition coefficient (Wildman–Crippen LogP) is 6.71. The monoisotopic (exact) mass is 590 g/mol. The molecule has 0 fully saturated rings. The van der Waals surface area contributed by atoms with Crippen molar-refractivity contribution >= 4 is 5.97 Å². The van der Waals surface area contributed by atoms with E-state index in [1.54, 1.807) is 6.07 Å². The lowest BCUT2D eigenvalue weighted by molar-refractivity contribution is 0.0693. The van der Waals surface area contributed by atoms with Crippen molar-refractivity contribution in [1.82, 2.24) is 19.7 Å². The van der Waals surface area contributed by atoms with Crippen LogP contribution in [-0.4, -0.2) is 56.9 Å². The van der Waals surface area contributed by atoms with Gasteiger partial charge in [0.1, 0.15) is 17.9 Å². The number of carboxylic acids is 1. The predicted molar refractivity (Wildman–Crippen MR) is 159 cm³/mol. The molecule has 1 aliphatic heterocycles. The Morgan fingerprint density at radius 2 is 1.91 bits per heavy atom. The van der Waals surface area contributed by atoms with Crippen LogP contribution in [0.5, 0.6) is 11.6 Å². The van der Waals surface area contributed by atoms with Crippen molar-refractivity contribution in [2.75, 3.05) is 13.7 Å². The van der Waals surface area contributed by atoms with Crippen molar-refractivity contribution in [3.63, 3.8) is 0 Å². The summed E-state index contributed by atoms with van der Waals surface area (Å²) in [5.41, 5.74) is 5.91. The second kappa shape index (κ2) is 13.3. The molecule has 1 unspecified atom stereocenters. The molecule has 1 aliphatic rings. The standard InChI is InChI=1S/C33H36F2N4O4/c1-4-25(13-14-29(34)35)38-16-15-23-17-22(11-12-24(23)19-38)20-43-31-21(2)7-5-8-26(31)28-9-6-10-30(37-28)39-32(42-3)27(18-36-39)33(40)41/h5-12,17-18,25,29H,4,13-16,19-20H2,1-3H3,(H,40,41). The number of aromatic carboxylic acids is 1. The Bertz CT molecular complexity index is 1590. The van der Waals surface area contributed by atoms with Crippen molar-refractivity contribution in [3.05, 3.63) is 88.6 Å². The molecule has 0 saturated carbocycles. The normalized spacial score (nSPS) is 14.0. The van der Waals surface area contributed by atoms with Crippen molar-refractivity contribution in [1.29, 1.82) is 0 Å². The fraction of sp³-hybridized carbons (Fsp3) is 0.364. The Labute approximate surface area is 249 Å². The summed E-state index contributed by atoms with van der Waals surface area (Å²) in [7, 11) is 1.39. The van der Waals surface area contributed by atoms with Gasteiger partial charge in [-0.1, -0.05) is 43.3 Å². The highest BCUT2D eigenvalue weighted by Crippen LogP contribution is 2.34. The lowest BCUT2D eigenvalue weighted by atomic mass is 9.95. The number of hydrogen-bond donors (Lipinski definition) is 1. The van der Waals surface area contributed by atoms with Gasteiger partial charge in [0.2, 0.25) is 12.3 Å². The highest BCUT2D eigenvalue weighted by molar-refractivity contribution is 5.90. The molecule has 0 amide bonds. The first-order chi connectivity index (χ1) is 20.8. The van der Waals surface area contributed by atoms with Crippen LogP contribution in [0, 0.1) is 6.92 Å². The molecule has 1 atom stereocenters. The molecule has 226 valence electrons. The molecule has 0 spiro atoms. The first-order valence-electron chi connectivity index (χ1n) is 14.5. The van der Waals surface area contributed by atoms with Gasteiger partial charge in [-0.2, -0.15) is 9.78 Å². The summed E-state index contributed by atoms with van der Waals surface area (Å²) < 4.78 is 38.7. The second-order valence-corrected chi connectivity index (χ2v) is 10.8. The Hall–Kier alpha value is -4.31. The largest absolute Gasteiger partial charge is 0.488 e. The molecule has 10 heteroatoms. The Morgan fingerprint density at radius 1 is 1.09 bits per heavy atom. The summed E-state index contributed by atoms with van der Waals surface area (Å²) in [5, 5.41) is 13.6. The molecule has 2 aromatic heterocycles. The number of nitrogens with zero attached hydrogens (tertiary/aromatic N) is 4. The first-order valence-corrected chi connectivity index (χ1v) is 14.5. The van der Waals surface area contributed by atoms with E-state index in [0.29, 0.717) is 30.3 Å². The summed E-state index contributed by atoms with van der Waals surface area (Å²) in [6.07, 6.45) is 1.19. The third-order valence-electron chi connectivity index (χ3n) is 7.99. The quantitative estimate of drug-likeness (QED) is 0.196. The van der Waals surface area contributed by atoms with Gasteiger partial charge in [0.15, 0.2) is 5.82 Å². The Balaban J connectivity index is 1.34. The zero-order chi connectivity index (χ0) is 30.5. The molecule has 4 aromatic rings. The lowest BCUT2D eigenvalue weighted by Crippen LogP contribution is -2.39. The molecule has 8 nitrogen and oxygen atoms in total. The zero-order valence-electron chi connectivity index (χ0n) is 24.6. The first kappa shape index (κ1) is 30.2. The van der Waals surface area contributed by atoms with Gasteiger partial charge in [0.05, 0.1) is 19.0 Å². The molecule has 0 aliphatic carbocycles. The number of para-hydroxylation sites is 1. The molecule has 0 radical (unpaired) electrons. The molecule has 2 aromatic carbocycles. The number of alkyl halides is 2. The van der Waals surface area contributed by atoms with Gasteiger partial charge < -0.3 is 14.6 Å². The number of fused-ring (bicyclic) bond motifs is 1. The van der Waals surface area contributed by atoms with Gasteiger partial charge in [-0.3, -0.25) is 4.90 Å². The summed E-state index contributed by atoms with van der Waals surface area (Å²) in [6, 6.07) is 17.9. The van der Waals surface area contributed by atoms with E-state index in [1.807, 2.05) is 37.3 Å². The number of rotatable bonds is 12. The summed E-state index contributed by atoms with van der Waals surface area (Å²) >= 11 is 0. The minimum atomic E-state index is -2.26. The van der Waals surface area contributed by atoms with Crippen LogP contribution in [0.1, 0.15) is 58.8 Å². The highest BCUT2D eigenvalue weighted by Gasteiger charge is 2.24. The SMILES string of the molecule is CCC(CCC(F)F)N1CCc2cc(COc3c(C)cccc3-c3cccc(-n4ncc(C(=O)O)c4OC)n3)ccc2C1. The molecule has 3 heterocycles. The van der Waals surface area contributed by atoms with Crippen LogP contribution >= 0.6 is 0 Å². The van der Waals surface area contributed by atoms with Gasteiger partial charge in [0, 0.05) is 31.1 Å². The van der Waals surface area contributed by atoms with Crippen LogP contribution in [0.15, 0.2) is 60.8 Å². The van der Waals surface area contributed by atoms with Crippen LogP contribution in [0.25, 0.3) is 17.1 Å². The van der Waals surface area contributed by atoms with E-state index in [-0.39, 0.29) is 23.9 Å². The minimum Gasteiger partial charge on any atom is -0.488 e. The van der Waals surface area contributed by atoms with E-state index in [4.69, 9.17) is 14.5 Å². The van der Waals surface area contributed by atoms with Crippen LogP contribution in [0.4, 0.5) is 8.78 Å². The van der Waals surface area contributed by atoms with Gasteiger partial charge in [0.25, 0.3) is 0 Å². The third kappa shape index (κ3) is 6.69. The number of carbonyl (C=O) groups is 1. The number of benzene rings is 2. The van der Waals surface area contributed by atoms with Gasteiger partial charge >= 0.3 is 5.97 Å². The number of pyridine rings is 1. The van der Waals surface area contributed by atoms with Crippen LogP contribution in [-0.2, 0) is 19.6 Å². The maximum atomic E-state index is 12.8. The Kier molecular flexibility index (Phi) is 9.35. The van der Waals surface area contributed by atoms with E-state index >= 15 is 0 Å². The third-order valence-corrected chi connectivity index (χ3v) is 7.99. The van der Waals surface area contributed by atoms with E-state index in [9.17, 15) is 18.7 Å². The number of halogens is 2. The van der Waals surface area contributed by atoms with E-state index in [0.717, 1.165) is 42.6 Å². The molecule has 0 bridgehead atoms. The maximum absolute atomic E-state index is 12.8. The van der Waals surface area contributed by atoms with E-state index in [2.05, 4.69) is 35.1 Å². The summed E-state index contributed by atoms with van der Waals surface area (Å²) in [6.45, 7) is 6.06. The highest BCUT2D eigenvalue weighted by atomic mass is 19.3. The number of aryl methyl sites for hydroxylation is 1. The maximum Gasteiger partial charge on any atom is 0.342 e. The van der Waals surface area contributed by atoms with Crippen molar-refractivity contribution in [2.24, 2.45) is 0 Å². The molecule has 1 N–H and O–H groups in total. The molecule has 43 heavy (non-hydrogen) atoms. The Morgan fingerprint density at radius 3 is 2.65 bits per heavy atom. The smallest absolute Gasteiger partial charge is 0.342 e. The molecule has 0 saturated heterocycles. The lowest BCUT2D eigenvalue weighted by Gasteiger charge is -2.35. The fourth-order valence-electron chi connectivity index (χ4n) is 5.73. The van der Waals surface area contributed by atoms with Crippen molar-refractivity contribution in [2.45, 2.75) is 65.1 Å². The van der Waals surface area contributed by atoms with Gasteiger partial charge in [-0.15, -0.1) is 0 Å². The topological polar surface area (TPSA) is 89.7 Å². The molecular formula is C33H36F2N4O4. The number of methoxy groups -OCH3 is 1. The summed E-state index contributed by atoms with van der Waals surface area (Å²) in [4.78, 5) is 18.7. The molecular weight excluding hydrogens is 554 g/mol. The number of carboxylic acid groups (broad SMARTS) is 1. The van der Waals surface area contributed by atoms with Crippen LogP contribution < -0.4 is 9.47 Å². The number of hydrogen-bond acceptors (Lipinski definition) is 6. The second-order valence-electron chi connectivity index (χ2n) is 10.8. The van der Waals surface area contributed by atoms with Crippen LogP contribution in [0.3, 0.4) is 0 Å². The number of ether oxygens (including phenoxy) is 2. The minimum absolute atomic E-state index is 0.0519. The average Bonchev–Trinajstić information content (AvgIpc) is 3.45. The van der Waals surface area contributed by atoms with E-state index in [1.165, 1.54) is 29.1 Å². The zero-order valence-corrected chi connectivity index (χ0v) is 24.6. The van der Waals surface area contributed by atoms with Crippen molar-refractivity contribution < 1.29 is 28.2 Å². The average molecular weight is 591 g/mol. The van der Waals surface area contributed by atoms with Gasteiger partial charge in [-0.05, 0) is 66.6 Å². The number of aromatic nitrogens is 3. The summed E-state index contributed by atoms with van der Waals surface area (Å²) in [5.74, 6) is 0.0759. The van der Waals surface area contributed by atoms with Gasteiger partial charge in [-0.25, -0.2) is 18.6 Å². The fourth-order valence-corrected chi connectivity index (χ4v) is 5.73. The van der Waals surface area contributed by atoms with Crippen LogP contribution in [0.2, 0.25) is 0 Å².